The van der Waals surface area contributed by atoms with E-state index in [1.54, 1.807) is 0 Å². The number of rotatable bonds is 4. The van der Waals surface area contributed by atoms with E-state index >= 15 is 0 Å². The Morgan fingerprint density at radius 1 is 0.760 bits per heavy atom. The number of fused-ring (bicyclic) bond motifs is 1. The molecule has 1 aliphatic rings. The van der Waals surface area contributed by atoms with Crippen LogP contribution in [0.1, 0.15) is 34.6 Å². The van der Waals surface area contributed by atoms with Crippen molar-refractivity contribution < 1.29 is 0 Å². The summed E-state index contributed by atoms with van der Waals surface area (Å²) in [5.74, 6) is 0.490. The molecule has 0 aliphatic heterocycles. The van der Waals surface area contributed by atoms with Crippen molar-refractivity contribution >= 4 is 12.4 Å². The summed E-state index contributed by atoms with van der Waals surface area (Å²) in [5, 5.41) is 3.78. The molecule has 128 valence electrons. The predicted octanol–water partition coefficient (Wildman–Crippen LogP) is 5.34. The van der Waals surface area contributed by atoms with Gasteiger partial charge in [-0.3, -0.25) is 0 Å². The summed E-state index contributed by atoms with van der Waals surface area (Å²) in [4.78, 5) is 0. The molecule has 2 heteroatoms. The highest BCUT2D eigenvalue weighted by Crippen LogP contribution is 2.36. The molecule has 3 aromatic rings. The van der Waals surface area contributed by atoms with Gasteiger partial charge >= 0.3 is 0 Å². The maximum Gasteiger partial charge on any atom is 0.0208 e. The summed E-state index contributed by atoms with van der Waals surface area (Å²) in [6.07, 6.45) is 2.28. The largest absolute Gasteiger partial charge is 0.310 e. The molecule has 0 radical (unpaired) electrons. The second kappa shape index (κ2) is 8.33. The van der Waals surface area contributed by atoms with E-state index in [4.69, 9.17) is 0 Å². The summed E-state index contributed by atoms with van der Waals surface area (Å²) < 4.78 is 0. The predicted molar refractivity (Wildman–Crippen MR) is 107 cm³/mol. The van der Waals surface area contributed by atoms with E-state index in [0.29, 0.717) is 12.0 Å². The first-order valence-corrected chi connectivity index (χ1v) is 8.80. The van der Waals surface area contributed by atoms with Crippen LogP contribution < -0.4 is 5.32 Å². The minimum Gasteiger partial charge on any atom is -0.310 e. The highest BCUT2D eigenvalue weighted by atomic mass is 35.5. The molecular formula is C23H24ClN. The number of benzene rings is 3. The molecule has 1 aliphatic carbocycles. The van der Waals surface area contributed by atoms with E-state index in [1.165, 1.54) is 22.3 Å². The van der Waals surface area contributed by atoms with Crippen molar-refractivity contribution in [2.24, 2.45) is 0 Å². The Kier molecular flexibility index (Phi) is 5.91. The SMILES string of the molecule is Cl.c1ccc(CNC2Cc3ccccc3C(c3ccccc3)C2)cc1. The van der Waals surface area contributed by atoms with Crippen LogP contribution in [0.25, 0.3) is 0 Å². The third-order valence-electron chi connectivity index (χ3n) is 5.06. The molecule has 0 bridgehead atoms. The van der Waals surface area contributed by atoms with Crippen LogP contribution in [-0.2, 0) is 13.0 Å². The van der Waals surface area contributed by atoms with Crippen molar-refractivity contribution in [2.45, 2.75) is 31.3 Å². The zero-order chi connectivity index (χ0) is 16.2. The summed E-state index contributed by atoms with van der Waals surface area (Å²) >= 11 is 0. The molecule has 0 amide bonds. The normalized spacial score (nSPS) is 18.9. The molecule has 1 nitrogen and oxygen atoms in total. The molecular weight excluding hydrogens is 326 g/mol. The highest BCUT2D eigenvalue weighted by Gasteiger charge is 2.27. The molecule has 25 heavy (non-hydrogen) atoms. The van der Waals surface area contributed by atoms with Gasteiger partial charge in [-0.05, 0) is 35.1 Å². The lowest BCUT2D eigenvalue weighted by atomic mass is 9.76. The Morgan fingerprint density at radius 2 is 1.40 bits per heavy atom. The zero-order valence-corrected chi connectivity index (χ0v) is 15.1. The van der Waals surface area contributed by atoms with Crippen molar-refractivity contribution in [3.05, 3.63) is 107 Å². The van der Waals surface area contributed by atoms with Gasteiger partial charge in [0.2, 0.25) is 0 Å². The average Bonchev–Trinajstić information content (AvgIpc) is 2.67. The topological polar surface area (TPSA) is 12.0 Å². The van der Waals surface area contributed by atoms with Crippen molar-refractivity contribution in [3.63, 3.8) is 0 Å². The maximum absolute atomic E-state index is 3.78. The van der Waals surface area contributed by atoms with E-state index in [2.05, 4.69) is 90.2 Å². The summed E-state index contributed by atoms with van der Waals surface area (Å²) in [7, 11) is 0. The van der Waals surface area contributed by atoms with E-state index in [1.807, 2.05) is 0 Å². The fourth-order valence-corrected chi connectivity index (χ4v) is 3.83. The quantitative estimate of drug-likeness (QED) is 0.670. The molecule has 4 rings (SSSR count). The van der Waals surface area contributed by atoms with E-state index in [9.17, 15) is 0 Å². The Morgan fingerprint density at radius 3 is 2.16 bits per heavy atom. The number of halogens is 1. The van der Waals surface area contributed by atoms with Gasteiger partial charge in [0.05, 0.1) is 0 Å². The number of hydrogen-bond acceptors (Lipinski definition) is 1. The van der Waals surface area contributed by atoms with Gasteiger partial charge in [0.1, 0.15) is 0 Å². The second-order valence-electron chi connectivity index (χ2n) is 6.67. The standard InChI is InChI=1S/C23H23N.ClH/c1-3-9-18(10-4-1)17-24-21-15-20-13-7-8-14-22(20)23(16-21)19-11-5-2-6-12-19;/h1-14,21,23-24H,15-17H2;1H. The van der Waals surface area contributed by atoms with E-state index in [0.717, 1.165) is 19.4 Å². The van der Waals surface area contributed by atoms with E-state index < -0.39 is 0 Å². The van der Waals surface area contributed by atoms with Crippen LogP contribution in [-0.4, -0.2) is 6.04 Å². The first kappa shape index (κ1) is 17.7. The minimum absolute atomic E-state index is 0. The van der Waals surface area contributed by atoms with Gasteiger partial charge in [0, 0.05) is 18.5 Å². The maximum atomic E-state index is 3.78. The van der Waals surface area contributed by atoms with Crippen molar-refractivity contribution in [1.29, 1.82) is 0 Å². The van der Waals surface area contributed by atoms with Gasteiger partial charge in [-0.1, -0.05) is 84.9 Å². The third-order valence-corrected chi connectivity index (χ3v) is 5.06. The highest BCUT2D eigenvalue weighted by molar-refractivity contribution is 5.85. The monoisotopic (exact) mass is 349 g/mol. The molecule has 0 heterocycles. The Hall–Kier alpha value is -2.09. The van der Waals surface area contributed by atoms with Gasteiger partial charge in [-0.15, -0.1) is 12.4 Å². The van der Waals surface area contributed by atoms with Crippen LogP contribution >= 0.6 is 12.4 Å². The first-order valence-electron chi connectivity index (χ1n) is 8.80. The number of hydrogen-bond donors (Lipinski definition) is 1. The molecule has 2 atom stereocenters. The molecule has 0 saturated carbocycles. The average molecular weight is 350 g/mol. The molecule has 3 aromatic carbocycles. The fourth-order valence-electron chi connectivity index (χ4n) is 3.83. The Bertz CT molecular complexity index is 785. The lowest BCUT2D eigenvalue weighted by Crippen LogP contribution is -2.36. The smallest absolute Gasteiger partial charge is 0.0208 e. The molecule has 1 N–H and O–H groups in total. The van der Waals surface area contributed by atoms with Gasteiger partial charge in [0.15, 0.2) is 0 Å². The van der Waals surface area contributed by atoms with Crippen molar-refractivity contribution in [3.8, 4) is 0 Å². The molecule has 0 spiro atoms. The Balaban J connectivity index is 0.00000182. The minimum atomic E-state index is 0. The lowest BCUT2D eigenvalue weighted by Gasteiger charge is -2.32. The molecule has 2 unspecified atom stereocenters. The van der Waals surface area contributed by atoms with Crippen molar-refractivity contribution in [1.82, 2.24) is 5.32 Å². The third kappa shape index (κ3) is 4.12. The van der Waals surface area contributed by atoms with Gasteiger partial charge in [-0.25, -0.2) is 0 Å². The fraction of sp³-hybridized carbons (Fsp3) is 0.217. The van der Waals surface area contributed by atoms with Gasteiger partial charge in [0.25, 0.3) is 0 Å². The summed E-state index contributed by atoms with van der Waals surface area (Å²) in [6, 6.07) is 31.1. The Labute approximate surface area is 156 Å². The number of nitrogens with one attached hydrogen (secondary N) is 1. The zero-order valence-electron chi connectivity index (χ0n) is 14.3. The first-order chi connectivity index (χ1) is 11.9. The van der Waals surface area contributed by atoms with Crippen molar-refractivity contribution in [2.75, 3.05) is 0 Å². The second-order valence-corrected chi connectivity index (χ2v) is 6.67. The van der Waals surface area contributed by atoms with Crippen LogP contribution in [0.15, 0.2) is 84.9 Å². The molecule has 0 aromatic heterocycles. The lowest BCUT2D eigenvalue weighted by molar-refractivity contribution is 0.433. The van der Waals surface area contributed by atoms with Crippen LogP contribution in [0, 0.1) is 0 Å². The molecule has 0 saturated heterocycles. The van der Waals surface area contributed by atoms with Crippen LogP contribution in [0.3, 0.4) is 0 Å². The van der Waals surface area contributed by atoms with Crippen LogP contribution in [0.4, 0.5) is 0 Å². The summed E-state index contributed by atoms with van der Waals surface area (Å²) in [6.45, 7) is 0.940. The van der Waals surface area contributed by atoms with Gasteiger partial charge in [-0.2, -0.15) is 0 Å². The van der Waals surface area contributed by atoms with Crippen LogP contribution in [0.2, 0.25) is 0 Å². The van der Waals surface area contributed by atoms with E-state index in [-0.39, 0.29) is 12.4 Å². The molecule has 0 fully saturated rings. The summed E-state index contributed by atoms with van der Waals surface area (Å²) in [5.41, 5.74) is 5.77. The van der Waals surface area contributed by atoms with Crippen LogP contribution in [0.5, 0.6) is 0 Å². The van der Waals surface area contributed by atoms with Gasteiger partial charge < -0.3 is 5.32 Å².